The molecule has 1 N–H and O–H groups in total. The third-order valence-electron chi connectivity index (χ3n) is 4.50. The predicted octanol–water partition coefficient (Wildman–Crippen LogP) is 5.73. The van der Waals surface area contributed by atoms with Gasteiger partial charge in [-0.05, 0) is 73.5 Å². The Morgan fingerprint density at radius 3 is 2.79 bits per heavy atom. The number of carbonyl (C=O) groups excluding carboxylic acids is 1. The van der Waals surface area contributed by atoms with Crippen LogP contribution in [0.25, 0.3) is 6.08 Å². The topological polar surface area (TPSA) is 59.9 Å². The van der Waals surface area contributed by atoms with Crippen molar-refractivity contribution in [1.82, 2.24) is 5.32 Å². The summed E-state index contributed by atoms with van der Waals surface area (Å²) >= 11 is 7.44. The lowest BCUT2D eigenvalue weighted by atomic mass is 10.2. The molecule has 1 saturated heterocycles. The van der Waals surface area contributed by atoms with Gasteiger partial charge in [-0.2, -0.15) is 0 Å². The third kappa shape index (κ3) is 5.14. The first-order valence-corrected chi connectivity index (χ1v) is 10.5. The highest BCUT2D eigenvalue weighted by Crippen LogP contribution is 2.33. The molecule has 1 aliphatic rings. The minimum Gasteiger partial charge on any atom is -0.493 e. The van der Waals surface area contributed by atoms with Gasteiger partial charge in [0, 0.05) is 5.02 Å². The highest BCUT2D eigenvalue weighted by atomic mass is 35.5. The molecule has 5 nitrogen and oxygen atoms in total. The molecule has 1 aliphatic heterocycles. The second-order valence-electron chi connectivity index (χ2n) is 6.61. The number of benzene rings is 2. The number of hydrogen-bond acceptors (Lipinski definition) is 5. The average Bonchev–Trinajstić information content (AvgIpc) is 3.05. The smallest absolute Gasteiger partial charge is 0.264 e. The van der Waals surface area contributed by atoms with Crippen molar-refractivity contribution >= 4 is 46.2 Å². The molecule has 0 unspecified atom stereocenters. The van der Waals surface area contributed by atoms with Gasteiger partial charge in [0.1, 0.15) is 0 Å². The van der Waals surface area contributed by atoms with Crippen molar-refractivity contribution in [3.8, 4) is 11.5 Å². The zero-order chi connectivity index (χ0) is 21.0. The summed E-state index contributed by atoms with van der Waals surface area (Å²) in [5, 5.41) is 3.97. The van der Waals surface area contributed by atoms with Gasteiger partial charge >= 0.3 is 0 Å². The number of ether oxygens (including phenoxy) is 2. The number of rotatable bonds is 6. The first-order chi connectivity index (χ1) is 13.9. The molecule has 0 spiro atoms. The molecule has 0 aromatic heterocycles. The largest absolute Gasteiger partial charge is 0.493 e. The Morgan fingerprint density at radius 2 is 2.07 bits per heavy atom. The molecule has 1 heterocycles. The van der Waals surface area contributed by atoms with Gasteiger partial charge in [-0.25, -0.2) is 4.99 Å². The minimum atomic E-state index is -0.188. The van der Waals surface area contributed by atoms with Crippen molar-refractivity contribution in [2.24, 2.45) is 4.99 Å². The molecule has 1 amide bonds. The number of nitrogens with one attached hydrogen (secondary N) is 1. The van der Waals surface area contributed by atoms with Crippen molar-refractivity contribution in [2.45, 2.75) is 33.3 Å². The highest BCUT2D eigenvalue weighted by Gasteiger charge is 2.24. The normalized spacial score (nSPS) is 17.5. The van der Waals surface area contributed by atoms with E-state index in [1.54, 1.807) is 7.11 Å². The summed E-state index contributed by atoms with van der Waals surface area (Å²) in [7, 11) is 1.60. The monoisotopic (exact) mass is 430 g/mol. The molecule has 0 aliphatic carbocycles. The molecule has 1 fully saturated rings. The maximum atomic E-state index is 12.4. The Balaban J connectivity index is 1.83. The van der Waals surface area contributed by atoms with E-state index in [-0.39, 0.29) is 12.0 Å². The second kappa shape index (κ2) is 9.37. The van der Waals surface area contributed by atoms with Gasteiger partial charge < -0.3 is 14.8 Å². The van der Waals surface area contributed by atoms with Crippen molar-refractivity contribution in [1.29, 1.82) is 0 Å². The first-order valence-electron chi connectivity index (χ1n) is 9.30. The SMILES string of the molecule is CC[C@H](C)Oc1ccc(/C=C2/SC(=Nc3cccc(Cl)c3C)NC2=O)cc1OC. The molecule has 2 aromatic carbocycles. The van der Waals surface area contributed by atoms with E-state index in [1.165, 1.54) is 11.8 Å². The number of amidine groups is 1. The van der Waals surface area contributed by atoms with Gasteiger partial charge in [-0.15, -0.1) is 0 Å². The Hall–Kier alpha value is -2.44. The fraction of sp³-hybridized carbons (Fsp3) is 0.273. The molecular formula is C22H23ClN2O3S. The van der Waals surface area contributed by atoms with Crippen molar-refractivity contribution in [2.75, 3.05) is 7.11 Å². The van der Waals surface area contributed by atoms with E-state index in [0.717, 1.165) is 23.2 Å². The van der Waals surface area contributed by atoms with Crippen LogP contribution in [0, 0.1) is 6.92 Å². The zero-order valence-corrected chi connectivity index (χ0v) is 18.4. The Morgan fingerprint density at radius 1 is 1.28 bits per heavy atom. The number of aliphatic imine (C=N–C) groups is 1. The lowest BCUT2D eigenvalue weighted by Gasteiger charge is -2.15. The van der Waals surface area contributed by atoms with Crippen LogP contribution < -0.4 is 14.8 Å². The molecule has 29 heavy (non-hydrogen) atoms. The number of halogens is 1. The van der Waals surface area contributed by atoms with Gasteiger partial charge in [0.25, 0.3) is 5.91 Å². The van der Waals surface area contributed by atoms with Gasteiger partial charge in [0.05, 0.1) is 23.8 Å². The molecule has 3 rings (SSSR count). The first kappa shape index (κ1) is 21.3. The van der Waals surface area contributed by atoms with E-state index in [1.807, 2.05) is 56.3 Å². The van der Waals surface area contributed by atoms with Gasteiger partial charge in [-0.1, -0.05) is 30.7 Å². The maximum Gasteiger partial charge on any atom is 0.264 e. The maximum absolute atomic E-state index is 12.4. The van der Waals surface area contributed by atoms with Gasteiger partial charge in [0.15, 0.2) is 16.7 Å². The van der Waals surface area contributed by atoms with Crippen LogP contribution in [0.4, 0.5) is 5.69 Å². The lowest BCUT2D eigenvalue weighted by molar-refractivity contribution is -0.115. The summed E-state index contributed by atoms with van der Waals surface area (Å²) in [5.74, 6) is 1.13. The van der Waals surface area contributed by atoms with Gasteiger partial charge in [0.2, 0.25) is 0 Å². The fourth-order valence-electron chi connectivity index (χ4n) is 2.63. The predicted molar refractivity (Wildman–Crippen MR) is 120 cm³/mol. The number of hydrogen-bond donors (Lipinski definition) is 1. The lowest BCUT2D eigenvalue weighted by Crippen LogP contribution is -2.19. The standard InChI is InChI=1S/C22H23ClN2O3S/c1-5-13(2)28-18-10-9-15(11-19(18)27-4)12-20-21(26)25-22(29-20)24-17-8-6-7-16(23)14(17)3/h6-13H,5H2,1-4H3,(H,24,25,26)/b20-12+/t13-/m0/s1. The Kier molecular flexibility index (Phi) is 6.87. The van der Waals surface area contributed by atoms with E-state index in [9.17, 15) is 4.79 Å². The molecule has 0 radical (unpaired) electrons. The van der Waals surface area contributed by atoms with E-state index >= 15 is 0 Å². The van der Waals surface area contributed by atoms with Gasteiger partial charge in [-0.3, -0.25) is 4.79 Å². The van der Waals surface area contributed by atoms with E-state index < -0.39 is 0 Å². The quantitative estimate of drug-likeness (QED) is 0.595. The number of methoxy groups -OCH3 is 1. The summed E-state index contributed by atoms with van der Waals surface area (Å²) in [5.41, 5.74) is 2.45. The molecule has 0 bridgehead atoms. The minimum absolute atomic E-state index is 0.0954. The third-order valence-corrected chi connectivity index (χ3v) is 5.82. The molecule has 1 atom stereocenters. The van der Waals surface area contributed by atoms with Crippen LogP contribution in [0.15, 0.2) is 46.3 Å². The van der Waals surface area contributed by atoms with Crippen LogP contribution in [0.3, 0.4) is 0 Å². The molecule has 0 saturated carbocycles. The van der Waals surface area contributed by atoms with Crippen molar-refractivity contribution in [3.05, 3.63) is 57.5 Å². The second-order valence-corrected chi connectivity index (χ2v) is 8.05. The highest BCUT2D eigenvalue weighted by molar-refractivity contribution is 8.18. The fourth-order valence-corrected chi connectivity index (χ4v) is 3.63. The van der Waals surface area contributed by atoms with Crippen LogP contribution in [-0.4, -0.2) is 24.3 Å². The summed E-state index contributed by atoms with van der Waals surface area (Å²) in [6, 6.07) is 11.1. The van der Waals surface area contributed by atoms with Crippen LogP contribution in [-0.2, 0) is 4.79 Å². The number of thioether (sulfide) groups is 1. The van der Waals surface area contributed by atoms with Crippen LogP contribution in [0.5, 0.6) is 11.5 Å². The number of carbonyl (C=O) groups is 1. The van der Waals surface area contributed by atoms with E-state index in [4.69, 9.17) is 21.1 Å². The van der Waals surface area contributed by atoms with Crippen molar-refractivity contribution < 1.29 is 14.3 Å². The van der Waals surface area contributed by atoms with E-state index in [0.29, 0.717) is 26.6 Å². The van der Waals surface area contributed by atoms with E-state index in [2.05, 4.69) is 17.2 Å². The molecule has 2 aromatic rings. The number of nitrogens with zero attached hydrogens (tertiary/aromatic N) is 1. The zero-order valence-electron chi connectivity index (χ0n) is 16.8. The van der Waals surface area contributed by atoms with Crippen molar-refractivity contribution in [3.63, 3.8) is 0 Å². The molecule has 152 valence electrons. The summed E-state index contributed by atoms with van der Waals surface area (Å²) < 4.78 is 11.3. The Labute approximate surface area is 180 Å². The van der Waals surface area contributed by atoms with Crippen LogP contribution in [0.2, 0.25) is 5.02 Å². The molecular weight excluding hydrogens is 408 g/mol. The van der Waals surface area contributed by atoms with Crippen LogP contribution in [0.1, 0.15) is 31.4 Å². The average molecular weight is 431 g/mol. The number of amides is 1. The molecule has 7 heteroatoms. The van der Waals surface area contributed by atoms with Crippen LogP contribution >= 0.6 is 23.4 Å². The summed E-state index contributed by atoms with van der Waals surface area (Å²) in [6.07, 6.45) is 2.81. The Bertz CT molecular complexity index is 988. The summed E-state index contributed by atoms with van der Waals surface area (Å²) in [6.45, 7) is 5.97. The summed E-state index contributed by atoms with van der Waals surface area (Å²) in [4.78, 5) is 17.5.